The van der Waals surface area contributed by atoms with Gasteiger partial charge in [0.1, 0.15) is 12.2 Å². The Balaban J connectivity index is 1.81. The summed E-state index contributed by atoms with van der Waals surface area (Å²) in [6.07, 6.45) is -0.236. The zero-order chi connectivity index (χ0) is 27.3. The Morgan fingerprint density at radius 1 is 0.649 bits per heavy atom. The van der Waals surface area contributed by atoms with E-state index in [0.29, 0.717) is 34.8 Å². The van der Waals surface area contributed by atoms with Gasteiger partial charge < -0.3 is 33.2 Å². The van der Waals surface area contributed by atoms with Gasteiger partial charge in [-0.2, -0.15) is 0 Å². The number of ether oxygens (including phenoxy) is 7. The van der Waals surface area contributed by atoms with Gasteiger partial charge in [0.25, 0.3) is 32.6 Å². The molecule has 1 fully saturated rings. The van der Waals surface area contributed by atoms with Gasteiger partial charge in [-0.15, -0.1) is 0 Å². The van der Waals surface area contributed by atoms with Crippen molar-refractivity contribution < 1.29 is 33.2 Å². The minimum absolute atomic E-state index is 0.0489. The zero-order valence-corrected chi connectivity index (χ0v) is 27.9. The maximum Gasteiger partial charge on any atom is 0.265 e. The van der Waals surface area contributed by atoms with Gasteiger partial charge in [-0.3, -0.25) is 0 Å². The smallest absolute Gasteiger partial charge is 0.265 e. The van der Waals surface area contributed by atoms with Crippen LogP contribution in [0.15, 0.2) is 36.4 Å². The standard InChI is InChI=1S/C28H38O7.2Al.4H/c1-17(15-29-5)33-23-11-9-21(13-25(23)31-7)27-19(3)20(4)28(35-27)22-10-12-24(26(14-22)32-8)34-18(2)16-30-6;;;;;;/h9-20,27-28H,1-8H3;;;;;;/t17-,18?,19?,20-,27?,28?;;;;;;/m1....../s1. The molecule has 0 amide bonds. The minimum atomic E-state index is -0.0693. The first-order chi connectivity index (χ1) is 17.6. The molecule has 0 saturated carbocycles. The van der Waals surface area contributed by atoms with Crippen LogP contribution in [0.25, 0.3) is 0 Å². The molecular formula is C28H42Al2O7. The second-order valence-electron chi connectivity index (χ2n) is 10.0. The van der Waals surface area contributed by atoms with Gasteiger partial charge in [0.2, 0.25) is 0 Å². The van der Waals surface area contributed by atoms with Crippen molar-refractivity contribution in [2.24, 2.45) is 11.8 Å². The third-order valence-electron chi connectivity index (χ3n) is 7.80. The van der Waals surface area contributed by atoms with Gasteiger partial charge in [-0.1, -0.05) is 26.0 Å². The third-order valence-corrected chi connectivity index (χ3v) is 10.6. The number of rotatable bonds is 12. The van der Waals surface area contributed by atoms with Crippen LogP contribution in [-0.2, 0) is 14.2 Å². The van der Waals surface area contributed by atoms with Crippen molar-refractivity contribution in [1.29, 1.82) is 0 Å². The fourth-order valence-corrected chi connectivity index (χ4v) is 4.89. The molecule has 1 heterocycles. The number of benzene rings is 2. The predicted molar refractivity (Wildman–Crippen MR) is 150 cm³/mol. The summed E-state index contributed by atoms with van der Waals surface area (Å²) in [6.45, 7) is 8.53. The van der Waals surface area contributed by atoms with Crippen LogP contribution in [0.1, 0.15) is 51.0 Å². The molecule has 0 bridgehead atoms. The molecule has 2 aromatic carbocycles. The Hall–Kier alpha value is -1.42. The van der Waals surface area contributed by atoms with Crippen molar-refractivity contribution in [3.05, 3.63) is 47.5 Å². The SMILES string of the molecule is COc1cc(C2OC(c3ccc(O[C@H](C)[C@@H]([AlH2])OC)c(OC)c3)C(C)[C@H]2C)ccc1OC(C)[CH]([AlH2])OC. The molecule has 2 aromatic rings. The molecule has 37 heavy (non-hydrogen) atoms. The Bertz CT molecular complexity index is 941. The molecule has 202 valence electrons. The Kier molecular flexibility index (Phi) is 11.1. The highest BCUT2D eigenvalue weighted by Crippen LogP contribution is 2.50. The maximum atomic E-state index is 6.69. The maximum absolute atomic E-state index is 6.69. The summed E-state index contributed by atoms with van der Waals surface area (Å²) in [4.78, 5) is 0.206. The average molecular weight is 545 g/mol. The summed E-state index contributed by atoms with van der Waals surface area (Å²) in [6, 6.07) is 12.2. The van der Waals surface area contributed by atoms with Gasteiger partial charge in [0, 0.05) is 24.2 Å². The van der Waals surface area contributed by atoms with Gasteiger partial charge in [-0.05, 0) is 61.1 Å². The van der Waals surface area contributed by atoms with Crippen LogP contribution in [0.5, 0.6) is 23.0 Å². The summed E-state index contributed by atoms with van der Waals surface area (Å²) in [5.74, 6) is 3.43. The largest absolute Gasteiger partial charge is 0.493 e. The van der Waals surface area contributed by atoms with E-state index in [-0.39, 0.29) is 34.3 Å². The zero-order valence-electron chi connectivity index (χ0n) is 23.9. The second kappa shape index (κ2) is 13.6. The van der Waals surface area contributed by atoms with Crippen LogP contribution in [0.3, 0.4) is 0 Å². The van der Waals surface area contributed by atoms with Crippen LogP contribution in [-0.4, -0.2) is 83.2 Å². The normalized spacial score (nSPS) is 24.6. The average Bonchev–Trinajstić information content (AvgIpc) is 3.21. The molecule has 0 aliphatic carbocycles. The van der Waals surface area contributed by atoms with Crippen LogP contribution >= 0.6 is 0 Å². The quantitative estimate of drug-likeness (QED) is 0.379. The van der Waals surface area contributed by atoms with E-state index in [1.807, 2.05) is 38.1 Å². The fraction of sp³-hybridized carbons (Fsp3) is 0.571. The molecule has 3 rings (SSSR count). The van der Waals surface area contributed by atoms with Crippen LogP contribution in [0.2, 0.25) is 0 Å². The molecular weight excluding hydrogens is 502 g/mol. The van der Waals surface area contributed by atoms with Gasteiger partial charge in [-0.25, -0.2) is 0 Å². The number of hydrogen-bond donors (Lipinski definition) is 0. The molecule has 0 aromatic heterocycles. The van der Waals surface area contributed by atoms with E-state index >= 15 is 0 Å². The molecule has 0 spiro atoms. The van der Waals surface area contributed by atoms with E-state index in [4.69, 9.17) is 33.2 Å². The summed E-state index contributed by atoms with van der Waals surface area (Å²) in [5, 5.41) is 0. The first kappa shape index (κ1) is 30.1. The molecule has 9 heteroatoms. The van der Waals surface area contributed by atoms with E-state index in [0.717, 1.165) is 43.7 Å². The van der Waals surface area contributed by atoms with Crippen LogP contribution < -0.4 is 18.9 Å². The van der Waals surface area contributed by atoms with Crippen molar-refractivity contribution in [3.8, 4) is 23.0 Å². The molecule has 1 aliphatic heterocycles. The highest BCUT2D eigenvalue weighted by molar-refractivity contribution is 6.11. The molecule has 5 unspecified atom stereocenters. The number of methoxy groups -OCH3 is 4. The lowest BCUT2D eigenvalue weighted by atomic mass is 9.85. The summed E-state index contributed by atoms with van der Waals surface area (Å²) >= 11 is 1.77. The Morgan fingerprint density at radius 3 is 1.35 bits per heavy atom. The lowest BCUT2D eigenvalue weighted by Gasteiger charge is -2.23. The monoisotopic (exact) mass is 544 g/mol. The van der Waals surface area contributed by atoms with E-state index in [1.54, 1.807) is 28.4 Å². The highest BCUT2D eigenvalue weighted by atomic mass is 27.1. The highest BCUT2D eigenvalue weighted by Gasteiger charge is 2.41. The van der Waals surface area contributed by atoms with Crippen LogP contribution in [0, 0.1) is 11.8 Å². The minimum Gasteiger partial charge on any atom is -0.493 e. The Morgan fingerprint density at radius 2 is 1.03 bits per heavy atom. The molecule has 0 radical (unpaired) electrons. The molecule has 0 N–H and O–H groups in total. The van der Waals surface area contributed by atoms with E-state index in [2.05, 4.69) is 26.0 Å². The molecule has 1 aliphatic rings. The molecule has 1 saturated heterocycles. The Labute approximate surface area is 237 Å². The predicted octanol–water partition coefficient (Wildman–Crippen LogP) is 3.53. The van der Waals surface area contributed by atoms with Crippen molar-refractivity contribution in [2.45, 2.75) is 62.0 Å². The lowest BCUT2D eigenvalue weighted by molar-refractivity contribution is 0.0285. The van der Waals surface area contributed by atoms with Crippen LogP contribution in [0.4, 0.5) is 0 Å². The van der Waals surface area contributed by atoms with Gasteiger partial charge >= 0.3 is 0 Å². The van der Waals surface area contributed by atoms with Gasteiger partial charge in [0.05, 0.1) is 26.4 Å². The second-order valence-corrected chi connectivity index (χ2v) is 12.3. The topological polar surface area (TPSA) is 64.6 Å². The molecule has 7 nitrogen and oxygen atoms in total. The van der Waals surface area contributed by atoms with Crippen molar-refractivity contribution in [1.82, 2.24) is 0 Å². The van der Waals surface area contributed by atoms with Crippen molar-refractivity contribution >= 4 is 32.6 Å². The summed E-state index contributed by atoms with van der Waals surface area (Å²) in [5.41, 5.74) is 2.15. The third kappa shape index (κ3) is 6.97. The van der Waals surface area contributed by atoms with Crippen molar-refractivity contribution in [2.75, 3.05) is 28.4 Å². The van der Waals surface area contributed by atoms with E-state index < -0.39 is 0 Å². The van der Waals surface area contributed by atoms with Gasteiger partial charge in [0.15, 0.2) is 23.0 Å². The van der Waals surface area contributed by atoms with E-state index in [9.17, 15) is 0 Å². The summed E-state index contributed by atoms with van der Waals surface area (Å²) in [7, 11) is 6.77. The molecule has 8 atom stereocenters. The fourth-order valence-electron chi connectivity index (χ4n) is 4.61. The number of hydrogen-bond acceptors (Lipinski definition) is 7. The summed E-state index contributed by atoms with van der Waals surface area (Å²) < 4.78 is 41.3. The van der Waals surface area contributed by atoms with E-state index in [1.165, 1.54) is 0 Å². The first-order valence-electron chi connectivity index (χ1n) is 13.0. The van der Waals surface area contributed by atoms with Crippen molar-refractivity contribution in [3.63, 3.8) is 0 Å². The first-order valence-corrected chi connectivity index (χ1v) is 15.4. The lowest BCUT2D eigenvalue weighted by Crippen LogP contribution is -2.30.